The maximum atomic E-state index is 12.8. The van der Waals surface area contributed by atoms with Gasteiger partial charge in [-0.2, -0.15) is 0 Å². The summed E-state index contributed by atoms with van der Waals surface area (Å²) < 4.78 is 10.7. The zero-order valence-corrected chi connectivity index (χ0v) is 15.5. The van der Waals surface area contributed by atoms with E-state index in [4.69, 9.17) is 9.47 Å². The Labute approximate surface area is 157 Å². The predicted molar refractivity (Wildman–Crippen MR) is 99.8 cm³/mol. The minimum Gasteiger partial charge on any atom is -0.494 e. The SMILES string of the molecule is C=CCOC(=O)[C@@H]1[C@H](c2ccc(OCC)cc2)c2c([nH][nH]c2=O)C[C@@]1(C)O. The first-order valence-corrected chi connectivity index (χ1v) is 8.91. The molecule has 7 nitrogen and oxygen atoms in total. The van der Waals surface area contributed by atoms with Crippen LogP contribution < -0.4 is 10.3 Å². The van der Waals surface area contributed by atoms with E-state index < -0.39 is 23.4 Å². The van der Waals surface area contributed by atoms with Crippen molar-refractivity contribution in [1.82, 2.24) is 10.2 Å². The van der Waals surface area contributed by atoms with Crippen molar-refractivity contribution >= 4 is 5.97 Å². The first-order chi connectivity index (χ1) is 12.9. The number of aliphatic hydroxyl groups is 1. The lowest BCUT2D eigenvalue weighted by molar-refractivity contribution is -0.158. The van der Waals surface area contributed by atoms with Crippen LogP contribution in [0.2, 0.25) is 0 Å². The van der Waals surface area contributed by atoms with Crippen LogP contribution in [0, 0.1) is 5.92 Å². The summed E-state index contributed by atoms with van der Waals surface area (Å²) in [7, 11) is 0. The van der Waals surface area contributed by atoms with E-state index in [1.54, 1.807) is 31.2 Å². The topological polar surface area (TPSA) is 104 Å². The number of aromatic amines is 2. The number of carbonyl (C=O) groups is 1. The molecule has 1 heterocycles. The molecule has 0 radical (unpaired) electrons. The molecule has 27 heavy (non-hydrogen) atoms. The molecule has 0 aliphatic heterocycles. The van der Waals surface area contributed by atoms with Crippen molar-refractivity contribution in [2.45, 2.75) is 31.8 Å². The normalized spacial score (nSPS) is 24.1. The van der Waals surface area contributed by atoms with Crippen molar-refractivity contribution in [1.29, 1.82) is 0 Å². The second-order valence-electron chi connectivity index (χ2n) is 6.88. The lowest BCUT2D eigenvalue weighted by atomic mass is 9.66. The van der Waals surface area contributed by atoms with Crippen LogP contribution in [-0.2, 0) is 16.0 Å². The Morgan fingerprint density at radius 1 is 1.37 bits per heavy atom. The second kappa shape index (κ2) is 7.44. The van der Waals surface area contributed by atoms with Gasteiger partial charge < -0.3 is 19.7 Å². The van der Waals surface area contributed by atoms with Crippen molar-refractivity contribution in [2.75, 3.05) is 13.2 Å². The van der Waals surface area contributed by atoms with Crippen molar-refractivity contribution < 1.29 is 19.4 Å². The molecule has 0 unspecified atom stereocenters. The summed E-state index contributed by atoms with van der Waals surface area (Å²) in [5, 5.41) is 16.4. The first kappa shape index (κ1) is 19.0. The molecule has 1 aliphatic carbocycles. The van der Waals surface area contributed by atoms with Crippen molar-refractivity contribution in [3.63, 3.8) is 0 Å². The molecular formula is C20H24N2O5. The van der Waals surface area contributed by atoms with E-state index in [9.17, 15) is 14.7 Å². The smallest absolute Gasteiger partial charge is 0.313 e. The molecule has 1 aromatic carbocycles. The lowest BCUT2D eigenvalue weighted by Gasteiger charge is -2.40. The maximum absolute atomic E-state index is 12.8. The second-order valence-corrected chi connectivity index (χ2v) is 6.88. The van der Waals surface area contributed by atoms with Gasteiger partial charge in [-0.15, -0.1) is 0 Å². The van der Waals surface area contributed by atoms with E-state index in [2.05, 4.69) is 16.8 Å². The summed E-state index contributed by atoms with van der Waals surface area (Å²) in [6.07, 6.45) is 1.61. The standard InChI is InChI=1S/C20H24N2O5/c1-4-10-27-19(24)17-15(12-6-8-13(9-7-12)26-5-2)16-14(11-20(17,3)25)21-22-18(16)23/h4,6-9,15,17,25H,1,5,10-11H2,2-3H3,(H2,21,22,23)/t15-,17+,20-/m1/s1. The highest BCUT2D eigenvalue weighted by atomic mass is 16.5. The Hall–Kier alpha value is -2.80. The molecule has 3 N–H and O–H groups in total. The molecule has 0 saturated carbocycles. The number of ether oxygens (including phenoxy) is 2. The fourth-order valence-electron chi connectivity index (χ4n) is 3.78. The van der Waals surface area contributed by atoms with Crippen molar-refractivity contribution in [3.05, 3.63) is 64.1 Å². The molecule has 1 aliphatic rings. The number of hydrogen-bond acceptors (Lipinski definition) is 5. The van der Waals surface area contributed by atoms with Crippen LogP contribution in [0.4, 0.5) is 0 Å². The summed E-state index contributed by atoms with van der Waals surface area (Å²) in [5.41, 5.74) is 0.0775. The number of hydrogen-bond donors (Lipinski definition) is 3. The number of rotatable bonds is 6. The van der Waals surface area contributed by atoms with E-state index >= 15 is 0 Å². The van der Waals surface area contributed by atoms with Crippen LogP contribution in [0.3, 0.4) is 0 Å². The van der Waals surface area contributed by atoms with Crippen molar-refractivity contribution in [3.8, 4) is 5.75 Å². The molecule has 0 fully saturated rings. The van der Waals surface area contributed by atoms with Gasteiger partial charge in [-0.3, -0.25) is 14.7 Å². The average molecular weight is 372 g/mol. The van der Waals surface area contributed by atoms with Gasteiger partial charge in [-0.25, -0.2) is 0 Å². The van der Waals surface area contributed by atoms with Crippen molar-refractivity contribution in [2.24, 2.45) is 5.92 Å². The van der Waals surface area contributed by atoms with Gasteiger partial charge in [-0.05, 0) is 31.5 Å². The molecule has 1 aromatic heterocycles. The molecule has 0 spiro atoms. The Morgan fingerprint density at radius 2 is 2.07 bits per heavy atom. The summed E-state index contributed by atoms with van der Waals surface area (Å²) in [6, 6.07) is 7.19. The first-order valence-electron chi connectivity index (χ1n) is 8.91. The van der Waals surface area contributed by atoms with Crippen LogP contribution >= 0.6 is 0 Å². The summed E-state index contributed by atoms with van der Waals surface area (Å²) in [6.45, 7) is 7.60. The van der Waals surface area contributed by atoms with Crippen LogP contribution in [0.25, 0.3) is 0 Å². The van der Waals surface area contributed by atoms with E-state index in [0.717, 1.165) is 5.56 Å². The zero-order chi connectivity index (χ0) is 19.6. The fraction of sp³-hybridized carbons (Fsp3) is 0.400. The van der Waals surface area contributed by atoms with Crippen LogP contribution in [0.15, 0.2) is 41.7 Å². The van der Waals surface area contributed by atoms with Crippen LogP contribution in [-0.4, -0.2) is 40.1 Å². The highest BCUT2D eigenvalue weighted by Crippen LogP contribution is 2.44. The third-order valence-electron chi connectivity index (χ3n) is 4.89. The number of aromatic nitrogens is 2. The number of carbonyl (C=O) groups excluding carboxylic acids is 1. The van der Waals surface area contributed by atoms with E-state index in [1.807, 2.05) is 6.92 Å². The van der Waals surface area contributed by atoms with Crippen LogP contribution in [0.5, 0.6) is 5.75 Å². The molecule has 0 bridgehead atoms. The molecule has 144 valence electrons. The maximum Gasteiger partial charge on any atom is 0.313 e. The molecule has 0 amide bonds. The Kier molecular flexibility index (Phi) is 5.23. The van der Waals surface area contributed by atoms with Gasteiger partial charge in [0, 0.05) is 23.6 Å². The number of nitrogens with one attached hydrogen (secondary N) is 2. The van der Waals surface area contributed by atoms with Gasteiger partial charge in [0.05, 0.1) is 18.1 Å². The van der Waals surface area contributed by atoms with Gasteiger partial charge in [0.15, 0.2) is 0 Å². The van der Waals surface area contributed by atoms with Gasteiger partial charge in [0.2, 0.25) is 0 Å². The molecule has 2 aromatic rings. The average Bonchev–Trinajstić information content (AvgIpc) is 2.98. The summed E-state index contributed by atoms with van der Waals surface area (Å²) >= 11 is 0. The number of fused-ring (bicyclic) bond motifs is 1. The summed E-state index contributed by atoms with van der Waals surface area (Å²) in [4.78, 5) is 25.2. The zero-order valence-electron chi connectivity index (χ0n) is 15.5. The largest absolute Gasteiger partial charge is 0.494 e. The Morgan fingerprint density at radius 3 is 2.70 bits per heavy atom. The quantitative estimate of drug-likeness (QED) is 0.531. The number of esters is 1. The highest BCUT2D eigenvalue weighted by molar-refractivity contribution is 5.77. The lowest BCUT2D eigenvalue weighted by Crippen LogP contribution is -2.50. The van der Waals surface area contributed by atoms with Gasteiger partial charge >= 0.3 is 5.97 Å². The molecular weight excluding hydrogens is 348 g/mol. The Balaban J connectivity index is 2.11. The fourth-order valence-corrected chi connectivity index (χ4v) is 3.78. The van der Waals surface area contributed by atoms with E-state index in [0.29, 0.717) is 23.6 Å². The minimum absolute atomic E-state index is 0.0394. The number of H-pyrrole nitrogens is 2. The molecule has 0 saturated heterocycles. The van der Waals surface area contributed by atoms with Gasteiger partial charge in [0.25, 0.3) is 5.56 Å². The predicted octanol–water partition coefficient (Wildman–Crippen LogP) is 1.89. The molecule has 3 atom stereocenters. The molecule has 3 rings (SSSR count). The molecule has 7 heteroatoms. The Bertz CT molecular complexity index is 879. The van der Waals surface area contributed by atoms with E-state index in [-0.39, 0.29) is 18.6 Å². The summed E-state index contributed by atoms with van der Waals surface area (Å²) in [5.74, 6) is -1.45. The van der Waals surface area contributed by atoms with E-state index in [1.165, 1.54) is 6.08 Å². The minimum atomic E-state index is -1.39. The third-order valence-corrected chi connectivity index (χ3v) is 4.89. The highest BCUT2D eigenvalue weighted by Gasteiger charge is 2.51. The third kappa shape index (κ3) is 3.55. The monoisotopic (exact) mass is 372 g/mol. The van der Waals surface area contributed by atoms with Gasteiger partial charge in [-0.1, -0.05) is 24.8 Å². The van der Waals surface area contributed by atoms with Gasteiger partial charge in [0.1, 0.15) is 12.4 Å². The number of benzene rings is 1. The van der Waals surface area contributed by atoms with Crippen LogP contribution in [0.1, 0.15) is 36.6 Å².